The highest BCUT2D eigenvalue weighted by molar-refractivity contribution is 7.15. The molecular weight excluding hydrogens is 314 g/mol. The van der Waals surface area contributed by atoms with E-state index in [2.05, 4.69) is 72.7 Å². The molecule has 122 valence electrons. The molecule has 2 aromatic carbocycles. The average Bonchev–Trinajstić information content (AvgIpc) is 2.97. The van der Waals surface area contributed by atoms with Crippen molar-refractivity contribution in [1.29, 1.82) is 0 Å². The number of aryl methyl sites for hydroxylation is 1. The zero-order valence-electron chi connectivity index (χ0n) is 14.2. The Bertz CT molecular complexity index is 818. The predicted octanol–water partition coefficient (Wildman–Crippen LogP) is 5.69. The first kappa shape index (κ1) is 16.4. The number of nitrogens with zero attached hydrogens (tertiary/aromatic N) is 2. The molecule has 3 aromatic rings. The van der Waals surface area contributed by atoms with E-state index in [9.17, 15) is 0 Å². The Morgan fingerprint density at radius 3 is 2.42 bits per heavy atom. The summed E-state index contributed by atoms with van der Waals surface area (Å²) in [6.45, 7) is 6.47. The van der Waals surface area contributed by atoms with Gasteiger partial charge in [-0.05, 0) is 24.0 Å². The van der Waals surface area contributed by atoms with E-state index >= 15 is 0 Å². The van der Waals surface area contributed by atoms with Crippen LogP contribution in [0.25, 0.3) is 11.3 Å². The Morgan fingerprint density at radius 1 is 1.04 bits per heavy atom. The fourth-order valence-electron chi connectivity index (χ4n) is 2.44. The van der Waals surface area contributed by atoms with Crippen LogP contribution in [-0.4, -0.2) is 11.2 Å². The van der Waals surface area contributed by atoms with Crippen molar-refractivity contribution < 1.29 is 0 Å². The van der Waals surface area contributed by atoms with Crippen molar-refractivity contribution in [2.24, 2.45) is 5.10 Å². The maximum Gasteiger partial charge on any atom is 0.204 e. The number of thiazole rings is 1. The van der Waals surface area contributed by atoms with E-state index in [0.717, 1.165) is 22.0 Å². The van der Waals surface area contributed by atoms with Crippen LogP contribution in [0.1, 0.15) is 35.8 Å². The lowest BCUT2D eigenvalue weighted by Crippen LogP contribution is -1.91. The molecule has 1 N–H and O–H groups in total. The maximum atomic E-state index is 4.64. The van der Waals surface area contributed by atoms with Crippen LogP contribution in [0.5, 0.6) is 0 Å². The van der Waals surface area contributed by atoms with Crippen LogP contribution >= 0.6 is 11.3 Å². The number of hydrazone groups is 1. The third kappa shape index (κ3) is 3.89. The molecule has 0 radical (unpaired) electrons. The fraction of sp³-hybridized carbons (Fsp3) is 0.200. The quantitative estimate of drug-likeness (QED) is 0.480. The zero-order valence-corrected chi connectivity index (χ0v) is 15.0. The van der Waals surface area contributed by atoms with Crippen molar-refractivity contribution in [2.75, 3.05) is 5.43 Å². The van der Waals surface area contributed by atoms with Crippen LogP contribution in [0, 0.1) is 6.92 Å². The Balaban J connectivity index is 1.69. The lowest BCUT2D eigenvalue weighted by molar-refractivity contribution is 0.866. The van der Waals surface area contributed by atoms with E-state index in [1.54, 1.807) is 11.3 Å². The smallest absolute Gasteiger partial charge is 0.204 e. The molecule has 3 rings (SSSR count). The van der Waals surface area contributed by atoms with Gasteiger partial charge in [0, 0.05) is 10.4 Å². The van der Waals surface area contributed by atoms with E-state index in [0.29, 0.717) is 5.92 Å². The van der Waals surface area contributed by atoms with Crippen LogP contribution in [0.3, 0.4) is 0 Å². The minimum atomic E-state index is 0.545. The van der Waals surface area contributed by atoms with Crippen LogP contribution in [-0.2, 0) is 0 Å². The second-order valence-electron chi connectivity index (χ2n) is 5.98. The molecule has 0 bridgehead atoms. The maximum absolute atomic E-state index is 4.64. The lowest BCUT2D eigenvalue weighted by atomic mass is 10.0. The van der Waals surface area contributed by atoms with Gasteiger partial charge in [-0.25, -0.2) is 4.98 Å². The van der Waals surface area contributed by atoms with Gasteiger partial charge in [0.15, 0.2) is 0 Å². The molecular formula is C20H21N3S. The number of anilines is 1. The molecule has 0 saturated carbocycles. The molecule has 1 heterocycles. The molecule has 1 aromatic heterocycles. The van der Waals surface area contributed by atoms with Crippen molar-refractivity contribution in [3.05, 3.63) is 70.6 Å². The van der Waals surface area contributed by atoms with Gasteiger partial charge in [-0.1, -0.05) is 68.4 Å². The largest absolute Gasteiger partial charge is 0.253 e. The van der Waals surface area contributed by atoms with Gasteiger partial charge in [0.1, 0.15) is 0 Å². The number of benzene rings is 2. The zero-order chi connectivity index (χ0) is 16.9. The summed E-state index contributed by atoms with van der Waals surface area (Å²) in [4.78, 5) is 5.82. The van der Waals surface area contributed by atoms with Gasteiger partial charge >= 0.3 is 0 Å². The SMILES string of the molecule is Cc1sc(N/N=C\c2ccc(C(C)C)cc2)nc1-c1ccccc1. The molecule has 0 atom stereocenters. The molecule has 4 heteroatoms. The van der Waals surface area contributed by atoms with Crippen molar-refractivity contribution in [3.63, 3.8) is 0 Å². The van der Waals surface area contributed by atoms with Crippen LogP contribution in [0.4, 0.5) is 5.13 Å². The third-order valence-corrected chi connectivity index (χ3v) is 4.70. The van der Waals surface area contributed by atoms with E-state index in [4.69, 9.17) is 0 Å². The molecule has 0 unspecified atom stereocenters. The number of hydrogen-bond donors (Lipinski definition) is 1. The van der Waals surface area contributed by atoms with E-state index in [1.807, 2.05) is 24.4 Å². The first-order valence-corrected chi connectivity index (χ1v) is 8.87. The van der Waals surface area contributed by atoms with Crippen LogP contribution < -0.4 is 5.43 Å². The average molecular weight is 335 g/mol. The molecule has 0 aliphatic carbocycles. The van der Waals surface area contributed by atoms with E-state index in [-0.39, 0.29) is 0 Å². The first-order chi connectivity index (χ1) is 11.6. The van der Waals surface area contributed by atoms with E-state index < -0.39 is 0 Å². The summed E-state index contributed by atoms with van der Waals surface area (Å²) in [6, 6.07) is 18.7. The summed E-state index contributed by atoms with van der Waals surface area (Å²) >= 11 is 1.61. The summed E-state index contributed by atoms with van der Waals surface area (Å²) in [5, 5.41) is 5.11. The fourth-order valence-corrected chi connectivity index (χ4v) is 3.22. The summed E-state index contributed by atoms with van der Waals surface area (Å²) < 4.78 is 0. The summed E-state index contributed by atoms with van der Waals surface area (Å²) in [7, 11) is 0. The van der Waals surface area contributed by atoms with Gasteiger partial charge in [0.05, 0.1) is 11.9 Å². The van der Waals surface area contributed by atoms with Gasteiger partial charge < -0.3 is 0 Å². The van der Waals surface area contributed by atoms with Crippen molar-refractivity contribution in [2.45, 2.75) is 26.7 Å². The normalized spacial score (nSPS) is 11.3. The van der Waals surface area contributed by atoms with Gasteiger partial charge in [-0.2, -0.15) is 5.10 Å². The summed E-state index contributed by atoms with van der Waals surface area (Å²) in [6.07, 6.45) is 1.82. The number of aromatic nitrogens is 1. The Labute approximate surface area is 147 Å². The minimum Gasteiger partial charge on any atom is -0.253 e. The van der Waals surface area contributed by atoms with E-state index in [1.165, 1.54) is 10.4 Å². The first-order valence-electron chi connectivity index (χ1n) is 8.05. The van der Waals surface area contributed by atoms with Crippen molar-refractivity contribution in [3.8, 4) is 11.3 Å². The van der Waals surface area contributed by atoms with Crippen LogP contribution in [0.2, 0.25) is 0 Å². The van der Waals surface area contributed by atoms with Gasteiger partial charge in [-0.3, -0.25) is 5.43 Å². The second-order valence-corrected chi connectivity index (χ2v) is 7.18. The standard InChI is InChI=1S/C20H21N3S/c1-14(2)17-11-9-16(10-12-17)13-21-23-20-22-19(15(3)24-20)18-7-5-4-6-8-18/h4-14H,1-3H3,(H,22,23)/b21-13-. The highest BCUT2D eigenvalue weighted by Gasteiger charge is 2.08. The third-order valence-electron chi connectivity index (χ3n) is 3.82. The molecule has 24 heavy (non-hydrogen) atoms. The highest BCUT2D eigenvalue weighted by Crippen LogP contribution is 2.30. The summed E-state index contributed by atoms with van der Waals surface area (Å²) in [5.41, 5.74) is 7.59. The minimum absolute atomic E-state index is 0.545. The Hall–Kier alpha value is -2.46. The Morgan fingerprint density at radius 2 is 1.75 bits per heavy atom. The highest BCUT2D eigenvalue weighted by atomic mass is 32.1. The van der Waals surface area contributed by atoms with Crippen molar-refractivity contribution in [1.82, 2.24) is 4.98 Å². The number of rotatable bonds is 5. The number of hydrogen-bond acceptors (Lipinski definition) is 4. The lowest BCUT2D eigenvalue weighted by Gasteiger charge is -2.04. The number of nitrogens with one attached hydrogen (secondary N) is 1. The van der Waals surface area contributed by atoms with Gasteiger partial charge in [0.25, 0.3) is 0 Å². The Kier molecular flexibility index (Phi) is 5.06. The predicted molar refractivity (Wildman–Crippen MR) is 104 cm³/mol. The molecule has 0 saturated heterocycles. The monoisotopic (exact) mass is 335 g/mol. The molecule has 0 aliphatic rings. The molecule has 0 spiro atoms. The molecule has 3 nitrogen and oxygen atoms in total. The topological polar surface area (TPSA) is 37.3 Å². The van der Waals surface area contributed by atoms with Crippen LogP contribution in [0.15, 0.2) is 59.7 Å². The van der Waals surface area contributed by atoms with Gasteiger partial charge in [-0.15, -0.1) is 11.3 Å². The van der Waals surface area contributed by atoms with Gasteiger partial charge in [0.2, 0.25) is 5.13 Å². The van der Waals surface area contributed by atoms with Crippen molar-refractivity contribution >= 4 is 22.7 Å². The molecule has 0 fully saturated rings. The summed E-state index contributed by atoms with van der Waals surface area (Å²) in [5.74, 6) is 0.545. The molecule has 0 amide bonds. The second kappa shape index (κ2) is 7.41. The molecule has 0 aliphatic heterocycles.